The van der Waals surface area contributed by atoms with Crippen LogP contribution in [0.4, 0.5) is 0 Å². The Labute approximate surface area is 108 Å². The number of terminal acetylenes is 2. The van der Waals surface area contributed by atoms with Crippen LogP contribution in [0.3, 0.4) is 0 Å². The van der Waals surface area contributed by atoms with E-state index in [2.05, 4.69) is 27.8 Å². The molecule has 0 unspecified atom stereocenters. The Bertz CT molecular complexity index is 521. The van der Waals surface area contributed by atoms with E-state index in [9.17, 15) is 4.79 Å². The molecule has 1 rings (SSSR count). The Morgan fingerprint density at radius 1 is 1.41 bits per heavy atom. The Morgan fingerprint density at radius 3 is 2.65 bits per heavy atom. The second-order valence-corrected chi connectivity index (χ2v) is 4.04. The van der Waals surface area contributed by atoms with Crippen LogP contribution in [-0.2, 0) is 6.42 Å². The average Bonchev–Trinajstić information content (AvgIpc) is 2.27. The molecule has 0 heterocycles. The first-order valence-corrected chi connectivity index (χ1v) is 5.45. The van der Waals surface area contributed by atoms with E-state index in [1.165, 1.54) is 6.07 Å². The average molecular weight is 293 g/mol. The summed E-state index contributed by atoms with van der Waals surface area (Å²) in [5, 5.41) is 9.08. The van der Waals surface area contributed by atoms with Crippen molar-refractivity contribution >= 4 is 21.9 Å². The molecular weight excluding hydrogens is 284 g/mol. The highest BCUT2D eigenvalue weighted by Gasteiger charge is 2.16. The summed E-state index contributed by atoms with van der Waals surface area (Å²) in [6, 6.07) is 3.17. The summed E-state index contributed by atoms with van der Waals surface area (Å²) in [7, 11) is 0. The van der Waals surface area contributed by atoms with Crippen molar-refractivity contribution in [3.63, 3.8) is 0 Å². The minimum Gasteiger partial charge on any atom is -0.480 e. The van der Waals surface area contributed by atoms with E-state index >= 15 is 0 Å². The van der Waals surface area contributed by atoms with Crippen LogP contribution >= 0.6 is 15.9 Å². The monoisotopic (exact) mass is 292 g/mol. The van der Waals surface area contributed by atoms with E-state index in [1.54, 1.807) is 6.07 Å². The molecule has 0 saturated heterocycles. The fourth-order valence-corrected chi connectivity index (χ4v) is 1.84. The zero-order valence-corrected chi connectivity index (χ0v) is 10.5. The lowest BCUT2D eigenvalue weighted by Crippen LogP contribution is -2.06. The standard InChI is InChI=1S/C13H9BrO3/c1-3-5-9-7-10(14)8-11(13(15)16)12(9)17-6-4-2/h1-2,7-8H,5-6H2,(H,15,16). The van der Waals surface area contributed by atoms with Crippen LogP contribution < -0.4 is 4.74 Å². The van der Waals surface area contributed by atoms with Crippen molar-refractivity contribution in [2.75, 3.05) is 6.61 Å². The second-order valence-electron chi connectivity index (χ2n) is 3.12. The van der Waals surface area contributed by atoms with E-state index in [1.807, 2.05) is 0 Å². The van der Waals surface area contributed by atoms with E-state index in [-0.39, 0.29) is 24.3 Å². The van der Waals surface area contributed by atoms with Crippen molar-refractivity contribution in [1.82, 2.24) is 0 Å². The number of carboxylic acid groups (broad SMARTS) is 1. The van der Waals surface area contributed by atoms with Gasteiger partial charge in [-0.1, -0.05) is 21.9 Å². The van der Waals surface area contributed by atoms with Crippen LogP contribution in [0.1, 0.15) is 15.9 Å². The van der Waals surface area contributed by atoms with E-state index in [0.29, 0.717) is 10.0 Å². The largest absolute Gasteiger partial charge is 0.480 e. The smallest absolute Gasteiger partial charge is 0.339 e. The predicted molar refractivity (Wildman–Crippen MR) is 68.0 cm³/mol. The van der Waals surface area contributed by atoms with Gasteiger partial charge in [0.25, 0.3) is 0 Å². The first-order valence-electron chi connectivity index (χ1n) is 4.65. The summed E-state index contributed by atoms with van der Waals surface area (Å²) in [6.45, 7) is -0.000512. The molecule has 0 aliphatic carbocycles. The third kappa shape index (κ3) is 3.27. The maximum atomic E-state index is 11.1. The van der Waals surface area contributed by atoms with Crippen LogP contribution in [0, 0.1) is 24.7 Å². The number of hydrogen-bond donors (Lipinski definition) is 1. The minimum atomic E-state index is -1.09. The van der Waals surface area contributed by atoms with Gasteiger partial charge in [-0.05, 0) is 12.1 Å². The molecule has 86 valence electrons. The third-order valence-corrected chi connectivity index (χ3v) is 2.41. The quantitative estimate of drug-likeness (QED) is 0.867. The molecule has 0 radical (unpaired) electrons. The molecule has 1 aromatic carbocycles. The van der Waals surface area contributed by atoms with Gasteiger partial charge in [-0.2, -0.15) is 0 Å². The van der Waals surface area contributed by atoms with Crippen LogP contribution in [0.2, 0.25) is 0 Å². The lowest BCUT2D eigenvalue weighted by molar-refractivity contribution is 0.0692. The van der Waals surface area contributed by atoms with Crippen molar-refractivity contribution in [2.45, 2.75) is 6.42 Å². The van der Waals surface area contributed by atoms with Crippen molar-refractivity contribution < 1.29 is 14.6 Å². The molecule has 0 fully saturated rings. The molecule has 0 aliphatic heterocycles. The highest BCUT2D eigenvalue weighted by atomic mass is 79.9. The summed E-state index contributed by atoms with van der Waals surface area (Å²) in [6.07, 6.45) is 10.6. The minimum absolute atomic E-state index is 0.000512. The fourth-order valence-electron chi connectivity index (χ4n) is 1.33. The van der Waals surface area contributed by atoms with E-state index < -0.39 is 5.97 Å². The third-order valence-electron chi connectivity index (χ3n) is 1.95. The number of halogens is 1. The Hall–Kier alpha value is -1.91. The van der Waals surface area contributed by atoms with E-state index in [0.717, 1.165) is 0 Å². The normalized spacial score (nSPS) is 9.12. The molecule has 1 N–H and O–H groups in total. The maximum absolute atomic E-state index is 11.1. The number of rotatable bonds is 4. The summed E-state index contributed by atoms with van der Waals surface area (Å²) >= 11 is 3.23. The number of benzene rings is 1. The molecule has 0 amide bonds. The van der Waals surface area contributed by atoms with Gasteiger partial charge in [0.15, 0.2) is 0 Å². The molecule has 17 heavy (non-hydrogen) atoms. The lowest BCUT2D eigenvalue weighted by atomic mass is 10.1. The zero-order valence-electron chi connectivity index (χ0n) is 8.87. The molecular formula is C13H9BrO3. The Balaban J connectivity index is 3.32. The van der Waals surface area contributed by atoms with Gasteiger partial charge in [-0.15, -0.1) is 18.8 Å². The van der Waals surface area contributed by atoms with Crippen LogP contribution in [0.5, 0.6) is 5.75 Å². The van der Waals surface area contributed by atoms with Crippen molar-refractivity contribution in [1.29, 1.82) is 0 Å². The SMILES string of the molecule is C#CCOc1c(CC#C)cc(Br)cc1C(=O)O. The summed E-state index contributed by atoms with van der Waals surface area (Å²) in [5.41, 5.74) is 0.661. The van der Waals surface area contributed by atoms with Crippen LogP contribution in [0.15, 0.2) is 16.6 Å². The molecule has 0 saturated carbocycles. The maximum Gasteiger partial charge on any atom is 0.339 e. The van der Waals surface area contributed by atoms with Gasteiger partial charge in [-0.25, -0.2) is 4.79 Å². The summed E-state index contributed by atoms with van der Waals surface area (Å²) in [4.78, 5) is 11.1. The van der Waals surface area contributed by atoms with Gasteiger partial charge in [0, 0.05) is 16.5 Å². The molecule has 1 aromatic rings. The van der Waals surface area contributed by atoms with Gasteiger partial charge in [0.1, 0.15) is 17.9 Å². The van der Waals surface area contributed by atoms with Crippen LogP contribution in [-0.4, -0.2) is 17.7 Å². The van der Waals surface area contributed by atoms with Gasteiger partial charge >= 0.3 is 5.97 Å². The van der Waals surface area contributed by atoms with Gasteiger partial charge in [0.2, 0.25) is 0 Å². The highest BCUT2D eigenvalue weighted by Crippen LogP contribution is 2.29. The molecule has 4 heteroatoms. The molecule has 0 aliphatic rings. The number of ether oxygens (including phenoxy) is 1. The first-order chi connectivity index (χ1) is 8.10. The number of carbonyl (C=O) groups is 1. The summed E-state index contributed by atoms with van der Waals surface area (Å²) < 4.78 is 5.89. The van der Waals surface area contributed by atoms with Gasteiger partial charge in [-0.3, -0.25) is 0 Å². The summed E-state index contributed by atoms with van der Waals surface area (Å²) in [5.74, 6) is 3.88. The van der Waals surface area contributed by atoms with Crippen LogP contribution in [0.25, 0.3) is 0 Å². The van der Waals surface area contributed by atoms with Crippen molar-refractivity contribution in [3.05, 3.63) is 27.7 Å². The van der Waals surface area contributed by atoms with Crippen molar-refractivity contribution in [2.24, 2.45) is 0 Å². The van der Waals surface area contributed by atoms with Crippen molar-refractivity contribution in [3.8, 4) is 30.4 Å². The molecule has 0 aromatic heterocycles. The van der Waals surface area contributed by atoms with Gasteiger partial charge in [0.05, 0.1) is 0 Å². The lowest BCUT2D eigenvalue weighted by Gasteiger charge is -2.11. The first kappa shape index (κ1) is 13.2. The molecule has 0 bridgehead atoms. The topological polar surface area (TPSA) is 46.5 Å². The molecule has 0 atom stereocenters. The zero-order chi connectivity index (χ0) is 12.8. The van der Waals surface area contributed by atoms with E-state index in [4.69, 9.17) is 22.7 Å². The number of hydrogen-bond acceptors (Lipinski definition) is 2. The fraction of sp³-hybridized carbons (Fsp3) is 0.154. The number of aromatic carboxylic acids is 1. The molecule has 3 nitrogen and oxygen atoms in total. The Morgan fingerprint density at radius 2 is 2.12 bits per heavy atom. The predicted octanol–water partition coefficient (Wildman–Crippen LogP) is 2.33. The Kier molecular flexibility index (Phi) is 4.63. The number of carboxylic acids is 1. The second kappa shape index (κ2) is 5.98. The van der Waals surface area contributed by atoms with Gasteiger partial charge < -0.3 is 9.84 Å². The highest BCUT2D eigenvalue weighted by molar-refractivity contribution is 9.10. The molecule has 0 spiro atoms.